The molecule has 2 heterocycles. The molecular formula is C16H21N3O. The Morgan fingerprint density at radius 2 is 1.85 bits per heavy atom. The molecule has 0 saturated carbocycles. The number of piperidine rings is 1. The first kappa shape index (κ1) is 13.3. The van der Waals surface area contributed by atoms with Crippen molar-refractivity contribution >= 4 is 0 Å². The third kappa shape index (κ3) is 3.25. The maximum absolute atomic E-state index is 5.82. The Morgan fingerprint density at radius 3 is 2.60 bits per heavy atom. The van der Waals surface area contributed by atoms with Gasteiger partial charge < -0.3 is 9.73 Å². The molecule has 0 atom stereocenters. The molecule has 0 spiro atoms. The zero-order valence-electron chi connectivity index (χ0n) is 11.9. The molecule has 4 nitrogen and oxygen atoms in total. The second-order valence-electron chi connectivity index (χ2n) is 5.54. The van der Waals surface area contributed by atoms with E-state index in [-0.39, 0.29) is 0 Å². The summed E-state index contributed by atoms with van der Waals surface area (Å²) in [5.41, 5.74) is 2.61. The van der Waals surface area contributed by atoms with Crippen molar-refractivity contribution < 1.29 is 4.42 Å². The lowest BCUT2D eigenvalue weighted by Gasteiger charge is -2.18. The van der Waals surface area contributed by atoms with E-state index in [0.29, 0.717) is 5.92 Å². The number of aryl methyl sites for hydroxylation is 3. The van der Waals surface area contributed by atoms with E-state index in [0.717, 1.165) is 50.6 Å². The molecule has 0 unspecified atom stereocenters. The fourth-order valence-electron chi connectivity index (χ4n) is 2.61. The van der Waals surface area contributed by atoms with Crippen LogP contribution in [0, 0.1) is 6.92 Å². The van der Waals surface area contributed by atoms with Crippen molar-refractivity contribution in [2.24, 2.45) is 0 Å². The molecular weight excluding hydrogens is 250 g/mol. The Bertz CT molecular complexity index is 541. The van der Waals surface area contributed by atoms with Crippen LogP contribution in [0.15, 0.2) is 28.7 Å². The summed E-state index contributed by atoms with van der Waals surface area (Å²) >= 11 is 0. The van der Waals surface area contributed by atoms with E-state index < -0.39 is 0 Å². The van der Waals surface area contributed by atoms with Crippen LogP contribution in [0.5, 0.6) is 0 Å². The second kappa shape index (κ2) is 6.18. The lowest BCUT2D eigenvalue weighted by Crippen LogP contribution is -2.26. The third-order valence-corrected chi connectivity index (χ3v) is 3.92. The Hall–Kier alpha value is -1.68. The highest BCUT2D eigenvalue weighted by molar-refractivity contribution is 5.21. The van der Waals surface area contributed by atoms with Gasteiger partial charge in [-0.05, 0) is 44.8 Å². The molecule has 1 saturated heterocycles. The molecule has 0 radical (unpaired) electrons. The van der Waals surface area contributed by atoms with Crippen LogP contribution in [0.4, 0.5) is 0 Å². The van der Waals surface area contributed by atoms with Crippen molar-refractivity contribution in [2.75, 3.05) is 13.1 Å². The van der Waals surface area contributed by atoms with Gasteiger partial charge >= 0.3 is 0 Å². The number of nitrogens with zero attached hydrogens (tertiary/aromatic N) is 2. The van der Waals surface area contributed by atoms with Gasteiger partial charge in [0.15, 0.2) is 0 Å². The molecule has 0 aliphatic carbocycles. The van der Waals surface area contributed by atoms with Gasteiger partial charge in [-0.3, -0.25) is 0 Å². The quantitative estimate of drug-likeness (QED) is 0.928. The zero-order chi connectivity index (χ0) is 13.8. The molecule has 1 aromatic carbocycles. The van der Waals surface area contributed by atoms with Crippen molar-refractivity contribution in [1.29, 1.82) is 0 Å². The largest absolute Gasteiger partial charge is 0.425 e. The summed E-state index contributed by atoms with van der Waals surface area (Å²) in [6, 6.07) is 8.62. The average molecular weight is 271 g/mol. The summed E-state index contributed by atoms with van der Waals surface area (Å²) in [7, 11) is 0. The number of hydrogen-bond acceptors (Lipinski definition) is 4. The number of aromatic nitrogens is 2. The maximum atomic E-state index is 5.82. The summed E-state index contributed by atoms with van der Waals surface area (Å²) in [5, 5.41) is 11.8. The minimum Gasteiger partial charge on any atom is -0.425 e. The summed E-state index contributed by atoms with van der Waals surface area (Å²) in [5.74, 6) is 2.03. The maximum Gasteiger partial charge on any atom is 0.219 e. The zero-order valence-corrected chi connectivity index (χ0v) is 11.9. The van der Waals surface area contributed by atoms with Crippen LogP contribution >= 0.6 is 0 Å². The van der Waals surface area contributed by atoms with Crippen LogP contribution in [0.2, 0.25) is 0 Å². The first-order chi connectivity index (χ1) is 9.81. The summed E-state index contributed by atoms with van der Waals surface area (Å²) in [6.07, 6.45) is 3.97. The van der Waals surface area contributed by atoms with Crippen LogP contribution in [-0.2, 0) is 12.8 Å². The standard InChI is InChI=1S/C16H21N3O/c1-12-2-4-13(5-3-12)6-7-15-18-19-16(20-15)14-8-10-17-11-9-14/h2-5,14,17H,6-11H2,1H3. The molecule has 2 aromatic rings. The van der Waals surface area contributed by atoms with E-state index in [1.807, 2.05) is 0 Å². The van der Waals surface area contributed by atoms with Crippen LogP contribution in [0.25, 0.3) is 0 Å². The van der Waals surface area contributed by atoms with E-state index in [9.17, 15) is 0 Å². The molecule has 0 amide bonds. The first-order valence-corrected chi connectivity index (χ1v) is 7.40. The van der Waals surface area contributed by atoms with Gasteiger partial charge in [0.25, 0.3) is 0 Å². The number of rotatable bonds is 4. The fourth-order valence-corrected chi connectivity index (χ4v) is 2.61. The Kier molecular flexibility index (Phi) is 4.11. The van der Waals surface area contributed by atoms with Gasteiger partial charge in [-0.15, -0.1) is 10.2 Å². The van der Waals surface area contributed by atoms with Crippen molar-refractivity contribution in [2.45, 2.75) is 38.5 Å². The van der Waals surface area contributed by atoms with Crippen molar-refractivity contribution in [3.05, 3.63) is 47.2 Å². The van der Waals surface area contributed by atoms with Gasteiger partial charge in [0.2, 0.25) is 11.8 Å². The minimum atomic E-state index is 0.442. The Morgan fingerprint density at radius 1 is 1.10 bits per heavy atom. The fraction of sp³-hybridized carbons (Fsp3) is 0.500. The minimum absolute atomic E-state index is 0.442. The molecule has 20 heavy (non-hydrogen) atoms. The molecule has 1 N–H and O–H groups in total. The predicted octanol–water partition coefficient (Wildman–Crippen LogP) is 2.63. The SMILES string of the molecule is Cc1ccc(CCc2nnc(C3CCNCC3)o2)cc1. The van der Waals surface area contributed by atoms with Gasteiger partial charge in [-0.2, -0.15) is 0 Å². The lowest BCUT2D eigenvalue weighted by atomic mass is 9.98. The first-order valence-electron chi connectivity index (χ1n) is 7.40. The lowest BCUT2D eigenvalue weighted by molar-refractivity contribution is 0.360. The van der Waals surface area contributed by atoms with E-state index >= 15 is 0 Å². The van der Waals surface area contributed by atoms with Gasteiger partial charge in [-0.1, -0.05) is 29.8 Å². The monoisotopic (exact) mass is 271 g/mol. The number of benzene rings is 1. The number of hydrogen-bond donors (Lipinski definition) is 1. The molecule has 106 valence electrons. The van der Waals surface area contributed by atoms with E-state index in [1.165, 1.54) is 11.1 Å². The van der Waals surface area contributed by atoms with Gasteiger partial charge in [0.1, 0.15) is 0 Å². The Balaban J connectivity index is 1.58. The van der Waals surface area contributed by atoms with Gasteiger partial charge in [0, 0.05) is 12.3 Å². The van der Waals surface area contributed by atoms with Crippen LogP contribution in [0.3, 0.4) is 0 Å². The highest BCUT2D eigenvalue weighted by Gasteiger charge is 2.20. The highest BCUT2D eigenvalue weighted by Crippen LogP contribution is 2.24. The summed E-state index contributed by atoms with van der Waals surface area (Å²) in [4.78, 5) is 0. The molecule has 1 aromatic heterocycles. The number of nitrogens with one attached hydrogen (secondary N) is 1. The second-order valence-corrected chi connectivity index (χ2v) is 5.54. The smallest absolute Gasteiger partial charge is 0.219 e. The van der Waals surface area contributed by atoms with Crippen LogP contribution in [0.1, 0.15) is 41.7 Å². The van der Waals surface area contributed by atoms with Crippen LogP contribution < -0.4 is 5.32 Å². The van der Waals surface area contributed by atoms with E-state index in [1.54, 1.807) is 0 Å². The molecule has 3 rings (SSSR count). The summed E-state index contributed by atoms with van der Waals surface area (Å²) < 4.78 is 5.82. The van der Waals surface area contributed by atoms with Crippen molar-refractivity contribution in [3.8, 4) is 0 Å². The normalized spacial score (nSPS) is 16.4. The molecule has 1 aliphatic rings. The van der Waals surface area contributed by atoms with E-state index in [4.69, 9.17) is 4.42 Å². The molecule has 0 bridgehead atoms. The summed E-state index contributed by atoms with van der Waals surface area (Å²) in [6.45, 7) is 4.20. The third-order valence-electron chi connectivity index (χ3n) is 3.92. The predicted molar refractivity (Wildman–Crippen MR) is 77.7 cm³/mol. The van der Waals surface area contributed by atoms with Crippen molar-refractivity contribution in [3.63, 3.8) is 0 Å². The highest BCUT2D eigenvalue weighted by atomic mass is 16.4. The molecule has 4 heteroatoms. The Labute approximate surface area is 119 Å². The molecule has 1 aliphatic heterocycles. The topological polar surface area (TPSA) is 51.0 Å². The van der Waals surface area contributed by atoms with Gasteiger partial charge in [0.05, 0.1) is 0 Å². The van der Waals surface area contributed by atoms with Crippen molar-refractivity contribution in [1.82, 2.24) is 15.5 Å². The van der Waals surface area contributed by atoms with Crippen LogP contribution in [-0.4, -0.2) is 23.3 Å². The average Bonchev–Trinajstić information content (AvgIpc) is 2.97. The van der Waals surface area contributed by atoms with Gasteiger partial charge in [-0.25, -0.2) is 0 Å². The molecule has 1 fully saturated rings. The van der Waals surface area contributed by atoms with E-state index in [2.05, 4.69) is 46.7 Å².